The molecule has 0 saturated carbocycles. The van der Waals surface area contributed by atoms with Crippen LogP contribution in [0.15, 0.2) is 48.5 Å². The lowest BCUT2D eigenvalue weighted by molar-refractivity contribution is -0.134. The van der Waals surface area contributed by atoms with Crippen LogP contribution in [0, 0.1) is 11.7 Å². The van der Waals surface area contributed by atoms with Crippen molar-refractivity contribution in [2.75, 3.05) is 18.6 Å². The van der Waals surface area contributed by atoms with Crippen molar-refractivity contribution in [2.45, 2.75) is 19.4 Å². The summed E-state index contributed by atoms with van der Waals surface area (Å²) in [6, 6.07) is 12.6. The van der Waals surface area contributed by atoms with Crippen LogP contribution in [-0.2, 0) is 14.4 Å². The first-order valence-corrected chi connectivity index (χ1v) is 9.34. The molecule has 2 unspecified atom stereocenters. The Morgan fingerprint density at radius 2 is 1.83 bits per heavy atom. The Hall–Kier alpha value is -3.62. The van der Waals surface area contributed by atoms with E-state index in [2.05, 4.69) is 10.9 Å². The van der Waals surface area contributed by atoms with Gasteiger partial charge in [0.1, 0.15) is 5.75 Å². The average molecular weight is 415 g/mol. The van der Waals surface area contributed by atoms with E-state index in [-0.39, 0.29) is 24.6 Å². The highest BCUT2D eigenvalue weighted by Crippen LogP contribution is 2.26. The third kappa shape index (κ3) is 4.86. The quantitative estimate of drug-likeness (QED) is 0.702. The number of nitrogens with one attached hydrogen (secondary N) is 2. The summed E-state index contributed by atoms with van der Waals surface area (Å²) in [6.45, 7) is 1.62. The zero-order chi connectivity index (χ0) is 21.7. The number of amides is 3. The number of carbonyl (C=O) groups is 3. The fraction of sp³-hybridized carbons (Fsp3) is 0.286. The molecule has 2 aromatic carbocycles. The number of methoxy groups -OCH3 is 1. The Balaban J connectivity index is 1.51. The standard InChI is InChI=1S/C21H22FN3O5/c1-13(30-18-6-4-3-5-17(18)22)20(27)23-24-21(28)14-11-19(26)25(12-14)15-7-9-16(29-2)10-8-15/h3-10,13-14H,11-12H2,1-2H3,(H,23,27)(H,24,28). The van der Waals surface area contributed by atoms with Gasteiger partial charge in [-0.15, -0.1) is 0 Å². The van der Waals surface area contributed by atoms with Gasteiger partial charge >= 0.3 is 0 Å². The first-order valence-electron chi connectivity index (χ1n) is 9.34. The maximum atomic E-state index is 13.6. The number of anilines is 1. The fourth-order valence-electron chi connectivity index (χ4n) is 3.01. The number of carbonyl (C=O) groups excluding carboxylic acids is 3. The van der Waals surface area contributed by atoms with Crippen LogP contribution in [0.2, 0.25) is 0 Å². The van der Waals surface area contributed by atoms with E-state index < -0.39 is 29.7 Å². The van der Waals surface area contributed by atoms with Crippen LogP contribution in [0.5, 0.6) is 11.5 Å². The number of hydrazine groups is 1. The van der Waals surface area contributed by atoms with Gasteiger partial charge in [0.2, 0.25) is 11.8 Å². The molecule has 0 radical (unpaired) electrons. The summed E-state index contributed by atoms with van der Waals surface area (Å²) < 4.78 is 24.0. The molecule has 0 aromatic heterocycles. The minimum absolute atomic E-state index is 0.0228. The van der Waals surface area contributed by atoms with Gasteiger partial charge in [-0.3, -0.25) is 25.2 Å². The molecule has 158 valence electrons. The Bertz CT molecular complexity index is 934. The van der Waals surface area contributed by atoms with Gasteiger partial charge in [-0.2, -0.15) is 0 Å². The van der Waals surface area contributed by atoms with Crippen molar-refractivity contribution in [3.8, 4) is 11.5 Å². The van der Waals surface area contributed by atoms with Crippen molar-refractivity contribution in [2.24, 2.45) is 5.92 Å². The molecule has 2 aromatic rings. The van der Waals surface area contributed by atoms with Crippen molar-refractivity contribution in [1.29, 1.82) is 0 Å². The van der Waals surface area contributed by atoms with Crippen molar-refractivity contribution in [3.63, 3.8) is 0 Å². The highest BCUT2D eigenvalue weighted by atomic mass is 19.1. The number of halogens is 1. The van der Waals surface area contributed by atoms with E-state index in [1.54, 1.807) is 37.4 Å². The van der Waals surface area contributed by atoms with Gasteiger partial charge in [0.25, 0.3) is 5.91 Å². The zero-order valence-electron chi connectivity index (χ0n) is 16.6. The number of benzene rings is 2. The maximum absolute atomic E-state index is 13.6. The Labute approximate surface area is 172 Å². The van der Waals surface area contributed by atoms with Gasteiger partial charge in [-0.25, -0.2) is 4.39 Å². The van der Waals surface area contributed by atoms with E-state index in [0.29, 0.717) is 11.4 Å². The lowest BCUT2D eigenvalue weighted by Crippen LogP contribution is -2.49. The molecule has 30 heavy (non-hydrogen) atoms. The zero-order valence-corrected chi connectivity index (χ0v) is 16.6. The molecule has 2 N–H and O–H groups in total. The summed E-state index contributed by atoms with van der Waals surface area (Å²) in [5.41, 5.74) is 5.22. The molecule has 1 heterocycles. The van der Waals surface area contributed by atoms with Crippen LogP contribution in [0.4, 0.5) is 10.1 Å². The van der Waals surface area contributed by atoms with E-state index in [4.69, 9.17) is 9.47 Å². The normalized spacial score (nSPS) is 16.7. The molecule has 1 aliphatic heterocycles. The van der Waals surface area contributed by atoms with E-state index in [1.807, 2.05) is 0 Å². The molecule has 2 atom stereocenters. The van der Waals surface area contributed by atoms with Gasteiger partial charge in [0, 0.05) is 18.7 Å². The summed E-state index contributed by atoms with van der Waals surface area (Å²) >= 11 is 0. The minimum Gasteiger partial charge on any atom is -0.497 e. The number of hydrogen-bond donors (Lipinski definition) is 2. The van der Waals surface area contributed by atoms with Crippen molar-refractivity contribution < 1.29 is 28.2 Å². The number of hydrogen-bond acceptors (Lipinski definition) is 5. The molecule has 0 bridgehead atoms. The largest absolute Gasteiger partial charge is 0.497 e. The first kappa shape index (κ1) is 21.1. The Morgan fingerprint density at radius 1 is 1.13 bits per heavy atom. The minimum atomic E-state index is -1.04. The second-order valence-corrected chi connectivity index (χ2v) is 6.77. The van der Waals surface area contributed by atoms with Gasteiger partial charge in [0.15, 0.2) is 17.7 Å². The summed E-state index contributed by atoms with van der Waals surface area (Å²) in [7, 11) is 1.55. The fourth-order valence-corrected chi connectivity index (χ4v) is 3.01. The van der Waals surface area contributed by atoms with E-state index in [0.717, 1.165) is 0 Å². The summed E-state index contributed by atoms with van der Waals surface area (Å²) in [6.07, 6.45) is -1.02. The van der Waals surface area contributed by atoms with E-state index >= 15 is 0 Å². The van der Waals surface area contributed by atoms with Gasteiger partial charge in [0.05, 0.1) is 13.0 Å². The van der Waals surface area contributed by atoms with Gasteiger partial charge in [-0.05, 0) is 43.3 Å². The van der Waals surface area contributed by atoms with Gasteiger partial charge in [-0.1, -0.05) is 12.1 Å². The number of ether oxygens (including phenoxy) is 2. The summed E-state index contributed by atoms with van der Waals surface area (Å²) in [5, 5.41) is 0. The number of para-hydroxylation sites is 1. The predicted molar refractivity (Wildman–Crippen MR) is 106 cm³/mol. The monoisotopic (exact) mass is 415 g/mol. The number of rotatable bonds is 6. The molecule has 0 spiro atoms. The SMILES string of the molecule is COc1ccc(N2CC(C(=O)NNC(=O)C(C)Oc3ccccc3F)CC2=O)cc1. The lowest BCUT2D eigenvalue weighted by atomic mass is 10.1. The summed E-state index contributed by atoms with van der Waals surface area (Å²) in [4.78, 5) is 38.3. The number of nitrogens with zero attached hydrogens (tertiary/aromatic N) is 1. The van der Waals surface area contributed by atoms with Crippen molar-refractivity contribution >= 4 is 23.4 Å². The first-order chi connectivity index (χ1) is 14.4. The van der Waals surface area contributed by atoms with Gasteiger partial charge < -0.3 is 14.4 Å². The Kier molecular flexibility index (Phi) is 6.51. The molecule has 9 heteroatoms. The molecule has 1 fully saturated rings. The molecule has 3 amide bonds. The maximum Gasteiger partial charge on any atom is 0.279 e. The summed E-state index contributed by atoms with van der Waals surface area (Å²) in [5.74, 6) is -1.96. The van der Waals surface area contributed by atoms with Crippen LogP contribution in [0.25, 0.3) is 0 Å². The molecule has 0 aliphatic carbocycles. The molecule has 1 aliphatic rings. The second kappa shape index (κ2) is 9.25. The Morgan fingerprint density at radius 3 is 2.50 bits per heavy atom. The highest BCUT2D eigenvalue weighted by molar-refractivity contribution is 6.00. The third-order valence-electron chi connectivity index (χ3n) is 4.70. The van der Waals surface area contributed by atoms with Crippen LogP contribution in [0.1, 0.15) is 13.3 Å². The molecular formula is C21H22FN3O5. The van der Waals surface area contributed by atoms with E-state index in [9.17, 15) is 18.8 Å². The second-order valence-electron chi connectivity index (χ2n) is 6.77. The average Bonchev–Trinajstić information content (AvgIpc) is 3.15. The molecule has 1 saturated heterocycles. The lowest BCUT2D eigenvalue weighted by Gasteiger charge is -2.18. The van der Waals surface area contributed by atoms with Crippen LogP contribution >= 0.6 is 0 Å². The van der Waals surface area contributed by atoms with Crippen LogP contribution in [0.3, 0.4) is 0 Å². The highest BCUT2D eigenvalue weighted by Gasteiger charge is 2.35. The van der Waals surface area contributed by atoms with Crippen LogP contribution < -0.4 is 25.2 Å². The van der Waals surface area contributed by atoms with Crippen molar-refractivity contribution in [3.05, 3.63) is 54.3 Å². The predicted octanol–water partition coefficient (Wildman–Crippen LogP) is 1.80. The van der Waals surface area contributed by atoms with Crippen molar-refractivity contribution in [1.82, 2.24) is 10.9 Å². The molecule has 8 nitrogen and oxygen atoms in total. The van der Waals surface area contributed by atoms with Crippen LogP contribution in [-0.4, -0.2) is 37.5 Å². The van der Waals surface area contributed by atoms with E-state index in [1.165, 1.54) is 30.0 Å². The smallest absolute Gasteiger partial charge is 0.279 e. The molecule has 3 rings (SSSR count). The molecular weight excluding hydrogens is 393 g/mol. The topological polar surface area (TPSA) is 97.0 Å². The third-order valence-corrected chi connectivity index (χ3v) is 4.70.